The Balaban J connectivity index is 2.67. The van der Waals surface area contributed by atoms with E-state index >= 15 is 0 Å². The second kappa shape index (κ2) is 4.16. The van der Waals surface area contributed by atoms with Gasteiger partial charge >= 0.3 is 5.69 Å². The molecule has 0 fully saturated rings. The highest BCUT2D eigenvalue weighted by atomic mass is 16.6. The van der Waals surface area contributed by atoms with Crippen LogP contribution in [0.2, 0.25) is 0 Å². The average Bonchev–Trinajstić information content (AvgIpc) is 2.75. The van der Waals surface area contributed by atoms with Crippen LogP contribution in [0.5, 0.6) is 0 Å². The molecule has 88 valence electrons. The van der Waals surface area contributed by atoms with Gasteiger partial charge in [0.2, 0.25) is 11.6 Å². The number of anilines is 1. The Kier molecular flexibility index (Phi) is 2.69. The minimum atomic E-state index is -0.593. The van der Waals surface area contributed by atoms with E-state index in [0.29, 0.717) is 12.2 Å². The number of nitro groups is 1. The number of imidazole rings is 1. The fourth-order valence-corrected chi connectivity index (χ4v) is 1.52. The fourth-order valence-electron chi connectivity index (χ4n) is 1.52. The SMILES string of the molecule is CCc1nccn1-c1ncnc(N)c1[N+](=O)[O-]. The molecule has 0 atom stereocenters. The fraction of sp³-hybridized carbons (Fsp3) is 0.222. The van der Waals surface area contributed by atoms with E-state index < -0.39 is 4.92 Å². The summed E-state index contributed by atoms with van der Waals surface area (Å²) in [5.74, 6) is 0.652. The molecule has 8 nitrogen and oxygen atoms in total. The molecule has 2 aromatic rings. The van der Waals surface area contributed by atoms with Crippen LogP contribution < -0.4 is 5.73 Å². The molecule has 2 aromatic heterocycles. The molecular weight excluding hydrogens is 224 g/mol. The largest absolute Gasteiger partial charge is 0.378 e. The lowest BCUT2D eigenvalue weighted by molar-refractivity contribution is -0.384. The van der Waals surface area contributed by atoms with Gasteiger partial charge < -0.3 is 5.73 Å². The maximum Gasteiger partial charge on any atom is 0.353 e. The zero-order chi connectivity index (χ0) is 12.4. The van der Waals surface area contributed by atoms with Crippen molar-refractivity contribution in [1.29, 1.82) is 0 Å². The van der Waals surface area contributed by atoms with E-state index in [9.17, 15) is 10.1 Å². The number of nitrogens with two attached hydrogens (primary N) is 1. The number of hydrogen-bond acceptors (Lipinski definition) is 6. The molecule has 0 aliphatic heterocycles. The summed E-state index contributed by atoms with van der Waals surface area (Å²) < 4.78 is 1.54. The van der Waals surface area contributed by atoms with Crippen LogP contribution >= 0.6 is 0 Å². The maximum absolute atomic E-state index is 10.9. The molecule has 2 rings (SSSR count). The second-order valence-corrected chi connectivity index (χ2v) is 3.26. The number of rotatable bonds is 3. The van der Waals surface area contributed by atoms with Crippen LogP contribution in [0.25, 0.3) is 5.82 Å². The van der Waals surface area contributed by atoms with Crippen LogP contribution in [-0.2, 0) is 6.42 Å². The molecule has 2 heterocycles. The number of hydrogen-bond donors (Lipinski definition) is 1. The molecule has 0 spiro atoms. The summed E-state index contributed by atoms with van der Waals surface area (Å²) in [5.41, 5.74) is 5.19. The second-order valence-electron chi connectivity index (χ2n) is 3.26. The Bertz CT molecular complexity index is 564. The standard InChI is InChI=1S/C9H10N6O2/c1-2-6-11-3-4-14(6)9-7(15(16)17)8(10)12-5-13-9/h3-5H,2H2,1H3,(H2,10,12,13). The van der Waals surface area contributed by atoms with Crippen LogP contribution in [0, 0.1) is 10.1 Å². The van der Waals surface area contributed by atoms with Crippen LogP contribution in [0.1, 0.15) is 12.7 Å². The first-order valence-electron chi connectivity index (χ1n) is 4.92. The molecule has 8 heteroatoms. The predicted octanol–water partition coefficient (Wildman–Crippen LogP) is 0.715. The number of nitrogens with zero attached hydrogens (tertiary/aromatic N) is 5. The van der Waals surface area contributed by atoms with Gasteiger partial charge in [-0.15, -0.1) is 0 Å². The lowest BCUT2D eigenvalue weighted by atomic mass is 10.4. The van der Waals surface area contributed by atoms with Crippen LogP contribution in [0.15, 0.2) is 18.7 Å². The topological polar surface area (TPSA) is 113 Å². The normalized spacial score (nSPS) is 10.4. The van der Waals surface area contributed by atoms with Crippen LogP contribution in [-0.4, -0.2) is 24.4 Å². The van der Waals surface area contributed by atoms with Gasteiger partial charge in [-0.3, -0.25) is 14.7 Å². The lowest BCUT2D eigenvalue weighted by Crippen LogP contribution is -2.09. The Hall–Kier alpha value is -2.51. The summed E-state index contributed by atoms with van der Waals surface area (Å²) in [6.07, 6.45) is 4.99. The smallest absolute Gasteiger partial charge is 0.353 e. The molecule has 2 N–H and O–H groups in total. The number of nitrogen functional groups attached to an aromatic ring is 1. The summed E-state index contributed by atoms with van der Waals surface area (Å²) >= 11 is 0. The van der Waals surface area contributed by atoms with E-state index in [2.05, 4.69) is 15.0 Å². The Labute approximate surface area is 96.3 Å². The van der Waals surface area contributed by atoms with E-state index in [4.69, 9.17) is 5.73 Å². The van der Waals surface area contributed by atoms with Gasteiger partial charge in [-0.1, -0.05) is 6.92 Å². The molecule has 0 saturated carbocycles. The molecule has 0 unspecified atom stereocenters. The molecule has 0 aliphatic rings. The van der Waals surface area contributed by atoms with Crippen LogP contribution in [0.4, 0.5) is 11.5 Å². The van der Waals surface area contributed by atoms with Gasteiger partial charge in [-0.05, 0) is 0 Å². The van der Waals surface area contributed by atoms with E-state index in [1.165, 1.54) is 10.9 Å². The molecule has 0 saturated heterocycles. The highest BCUT2D eigenvalue weighted by Gasteiger charge is 2.23. The van der Waals surface area contributed by atoms with Gasteiger partial charge in [0, 0.05) is 18.8 Å². The first kappa shape index (κ1) is 11.0. The van der Waals surface area contributed by atoms with Crippen molar-refractivity contribution in [2.75, 3.05) is 5.73 Å². The van der Waals surface area contributed by atoms with E-state index in [-0.39, 0.29) is 17.3 Å². The van der Waals surface area contributed by atoms with Crippen molar-refractivity contribution in [3.63, 3.8) is 0 Å². The molecule has 0 radical (unpaired) electrons. The third-order valence-electron chi connectivity index (χ3n) is 2.28. The molecule has 0 bridgehead atoms. The zero-order valence-electron chi connectivity index (χ0n) is 9.07. The Morgan fingerprint density at radius 1 is 1.47 bits per heavy atom. The molecular formula is C9H10N6O2. The van der Waals surface area contributed by atoms with Crippen molar-refractivity contribution in [1.82, 2.24) is 19.5 Å². The van der Waals surface area contributed by atoms with Gasteiger partial charge in [0.25, 0.3) is 0 Å². The van der Waals surface area contributed by atoms with E-state index in [1.54, 1.807) is 12.4 Å². The predicted molar refractivity (Wildman–Crippen MR) is 59.6 cm³/mol. The van der Waals surface area contributed by atoms with Crippen LogP contribution in [0.3, 0.4) is 0 Å². The summed E-state index contributed by atoms with van der Waals surface area (Å²) in [4.78, 5) is 22.0. The zero-order valence-corrected chi connectivity index (χ0v) is 9.07. The van der Waals surface area contributed by atoms with Gasteiger partial charge in [-0.2, -0.15) is 0 Å². The number of aryl methyl sites for hydroxylation is 1. The Morgan fingerprint density at radius 2 is 2.24 bits per heavy atom. The Morgan fingerprint density at radius 3 is 2.88 bits per heavy atom. The number of aromatic nitrogens is 4. The van der Waals surface area contributed by atoms with Gasteiger partial charge in [0.15, 0.2) is 0 Å². The summed E-state index contributed by atoms with van der Waals surface area (Å²) in [6.45, 7) is 1.90. The summed E-state index contributed by atoms with van der Waals surface area (Å²) in [6, 6.07) is 0. The molecule has 17 heavy (non-hydrogen) atoms. The van der Waals surface area contributed by atoms with E-state index in [1.807, 2.05) is 6.92 Å². The lowest BCUT2D eigenvalue weighted by Gasteiger charge is -2.06. The van der Waals surface area contributed by atoms with Crippen molar-refractivity contribution >= 4 is 11.5 Å². The molecule has 0 aromatic carbocycles. The third kappa shape index (κ3) is 1.80. The maximum atomic E-state index is 10.9. The minimum Gasteiger partial charge on any atom is -0.378 e. The van der Waals surface area contributed by atoms with Crippen molar-refractivity contribution in [3.8, 4) is 5.82 Å². The summed E-state index contributed by atoms with van der Waals surface area (Å²) in [5, 5.41) is 10.9. The van der Waals surface area contributed by atoms with Crippen molar-refractivity contribution < 1.29 is 4.92 Å². The van der Waals surface area contributed by atoms with Crippen molar-refractivity contribution in [2.24, 2.45) is 0 Å². The minimum absolute atomic E-state index is 0.136. The quantitative estimate of drug-likeness (QED) is 0.618. The average molecular weight is 234 g/mol. The van der Waals surface area contributed by atoms with E-state index in [0.717, 1.165) is 0 Å². The van der Waals surface area contributed by atoms with Crippen molar-refractivity contribution in [3.05, 3.63) is 34.7 Å². The van der Waals surface area contributed by atoms with Gasteiger partial charge in [0.1, 0.15) is 12.2 Å². The molecule has 0 aliphatic carbocycles. The first-order chi connectivity index (χ1) is 8.15. The van der Waals surface area contributed by atoms with Gasteiger partial charge in [0.05, 0.1) is 4.92 Å². The third-order valence-corrected chi connectivity index (χ3v) is 2.28. The monoisotopic (exact) mass is 234 g/mol. The highest BCUT2D eigenvalue weighted by Crippen LogP contribution is 2.25. The highest BCUT2D eigenvalue weighted by molar-refractivity contribution is 5.61. The van der Waals surface area contributed by atoms with Gasteiger partial charge in [-0.25, -0.2) is 15.0 Å². The first-order valence-corrected chi connectivity index (χ1v) is 4.92. The molecule has 0 amide bonds. The summed E-state index contributed by atoms with van der Waals surface area (Å²) in [7, 11) is 0. The van der Waals surface area contributed by atoms with Crippen molar-refractivity contribution in [2.45, 2.75) is 13.3 Å².